The number of carbonyl (C=O) groups is 6. The fraction of sp³-hybridized carbons (Fsp3) is 0.294. The maximum Gasteiger partial charge on any atom is 0.345 e. The van der Waals surface area contributed by atoms with Crippen molar-refractivity contribution < 1.29 is 47.7 Å². The molecule has 0 saturated heterocycles. The highest BCUT2D eigenvalue weighted by Crippen LogP contribution is 2.19. The number of hydrogen-bond donors (Lipinski definition) is 0. The number of cyclic esters (lactones) is 4. The number of carbonyl (C=O) groups excluding carboxylic acids is 6. The Morgan fingerprint density at radius 1 is 0.815 bits per heavy atom. The smallest absolute Gasteiger partial charge is 0.345 e. The first-order valence-electron chi connectivity index (χ1n) is 7.54. The van der Waals surface area contributed by atoms with E-state index < -0.39 is 55.5 Å². The first kappa shape index (κ1) is 19.8. The van der Waals surface area contributed by atoms with Crippen molar-refractivity contribution in [3.63, 3.8) is 0 Å². The third kappa shape index (κ3) is 4.35. The van der Waals surface area contributed by atoms with E-state index in [1.165, 1.54) is 13.8 Å². The van der Waals surface area contributed by atoms with Crippen LogP contribution in [-0.4, -0.2) is 49.0 Å². The minimum atomic E-state index is -0.981. The molecule has 0 aliphatic carbocycles. The maximum atomic E-state index is 11.8. The van der Waals surface area contributed by atoms with E-state index in [9.17, 15) is 28.8 Å². The van der Waals surface area contributed by atoms with E-state index in [0.29, 0.717) is 0 Å². The second-order valence-electron chi connectivity index (χ2n) is 5.58. The first-order valence-corrected chi connectivity index (χ1v) is 7.54. The summed E-state index contributed by atoms with van der Waals surface area (Å²) in [6, 6.07) is 0. The lowest BCUT2D eigenvalue weighted by Gasteiger charge is -2.07. The molecule has 0 unspecified atom stereocenters. The van der Waals surface area contributed by atoms with Gasteiger partial charge in [-0.3, -0.25) is 4.79 Å². The Morgan fingerprint density at radius 2 is 1.26 bits per heavy atom. The van der Waals surface area contributed by atoms with Gasteiger partial charge in [-0.05, 0) is 13.8 Å². The van der Waals surface area contributed by atoms with Crippen LogP contribution in [0.3, 0.4) is 0 Å². The molecule has 2 rings (SSSR count). The monoisotopic (exact) mass is 378 g/mol. The summed E-state index contributed by atoms with van der Waals surface area (Å²) in [6.07, 6.45) is -0.546. The highest BCUT2D eigenvalue weighted by atomic mass is 16.6. The molecule has 2 aliphatic rings. The Balaban J connectivity index is 1.82. The summed E-state index contributed by atoms with van der Waals surface area (Å²) in [4.78, 5) is 68.7. The van der Waals surface area contributed by atoms with Crippen LogP contribution in [0.1, 0.15) is 20.3 Å². The Hall–Kier alpha value is -3.56. The van der Waals surface area contributed by atoms with Crippen molar-refractivity contribution in [3.8, 4) is 0 Å². The van der Waals surface area contributed by atoms with Crippen LogP contribution in [0.25, 0.3) is 0 Å². The molecule has 0 bridgehead atoms. The van der Waals surface area contributed by atoms with Gasteiger partial charge in [0.25, 0.3) is 0 Å². The zero-order valence-corrected chi connectivity index (χ0v) is 14.4. The van der Waals surface area contributed by atoms with E-state index in [1.807, 2.05) is 0 Å². The van der Waals surface area contributed by atoms with Crippen LogP contribution in [0, 0.1) is 0 Å². The van der Waals surface area contributed by atoms with Gasteiger partial charge in [-0.1, -0.05) is 6.58 Å². The first-order chi connectivity index (χ1) is 12.6. The fourth-order valence-corrected chi connectivity index (χ4v) is 2.02. The highest BCUT2D eigenvalue weighted by molar-refractivity contribution is 6.13. The summed E-state index contributed by atoms with van der Waals surface area (Å²) < 4.78 is 18.3. The third-order valence-electron chi connectivity index (χ3n) is 3.75. The van der Waals surface area contributed by atoms with Crippen LogP contribution in [0.5, 0.6) is 0 Å². The average molecular weight is 378 g/mol. The predicted octanol–water partition coefficient (Wildman–Crippen LogP) is -0.181. The van der Waals surface area contributed by atoms with Gasteiger partial charge in [-0.15, -0.1) is 0 Å². The standard InChI is InChI=1S/C17H14O10/c1-7(13(19)25-6-11-9(3)15(21)27-17(11)23)4-12(18)24-5-10-8(2)14(20)26-16(10)22/h1,4-6H2,2-3H3. The lowest BCUT2D eigenvalue weighted by atomic mass is 10.1. The molecular formula is C17H14O10. The minimum Gasteiger partial charge on any atom is -0.460 e. The van der Waals surface area contributed by atoms with Gasteiger partial charge in [0.15, 0.2) is 0 Å². The minimum absolute atomic E-state index is 0.0273. The molecule has 0 atom stereocenters. The second-order valence-corrected chi connectivity index (χ2v) is 5.58. The number of hydrogen-bond acceptors (Lipinski definition) is 10. The fourth-order valence-electron chi connectivity index (χ4n) is 2.02. The van der Waals surface area contributed by atoms with E-state index in [-0.39, 0.29) is 27.9 Å². The number of esters is 6. The molecule has 0 aromatic carbocycles. The summed E-state index contributed by atoms with van der Waals surface area (Å²) in [6.45, 7) is 5.08. The topological polar surface area (TPSA) is 139 Å². The third-order valence-corrected chi connectivity index (χ3v) is 3.75. The summed E-state index contributed by atoms with van der Waals surface area (Å²) in [5, 5.41) is 0. The molecule has 10 nitrogen and oxygen atoms in total. The van der Waals surface area contributed by atoms with E-state index in [2.05, 4.69) is 16.1 Å². The largest absolute Gasteiger partial charge is 0.460 e. The average Bonchev–Trinajstić information content (AvgIpc) is 2.98. The second kappa shape index (κ2) is 7.77. The van der Waals surface area contributed by atoms with Gasteiger partial charge < -0.3 is 18.9 Å². The van der Waals surface area contributed by atoms with Crippen LogP contribution in [-0.2, 0) is 47.7 Å². The quantitative estimate of drug-likeness (QED) is 0.254. The van der Waals surface area contributed by atoms with Gasteiger partial charge in [0.1, 0.15) is 13.2 Å². The van der Waals surface area contributed by atoms with Crippen LogP contribution in [0.4, 0.5) is 0 Å². The Labute approximate surface area is 152 Å². The molecular weight excluding hydrogens is 364 g/mol. The SMILES string of the molecule is C=C(CC(=O)OCC1=C(C)C(=O)OC1=O)C(=O)OCC1=C(C)C(=O)OC1=O. The summed E-state index contributed by atoms with van der Waals surface area (Å²) in [5.41, 5.74) is -0.400. The van der Waals surface area contributed by atoms with Gasteiger partial charge >= 0.3 is 35.8 Å². The molecule has 10 heteroatoms. The molecule has 0 amide bonds. The zero-order chi connectivity index (χ0) is 20.3. The molecule has 0 N–H and O–H groups in total. The van der Waals surface area contributed by atoms with Crippen molar-refractivity contribution in [2.75, 3.05) is 13.2 Å². The maximum absolute atomic E-state index is 11.8. The molecule has 2 aliphatic heterocycles. The van der Waals surface area contributed by atoms with Crippen molar-refractivity contribution in [1.29, 1.82) is 0 Å². The molecule has 2 heterocycles. The van der Waals surface area contributed by atoms with Crippen LogP contribution in [0.2, 0.25) is 0 Å². The Kier molecular flexibility index (Phi) is 5.69. The van der Waals surface area contributed by atoms with Crippen molar-refractivity contribution in [2.24, 2.45) is 0 Å². The van der Waals surface area contributed by atoms with Gasteiger partial charge in [0, 0.05) is 16.7 Å². The molecule has 0 saturated carbocycles. The van der Waals surface area contributed by atoms with Crippen LogP contribution < -0.4 is 0 Å². The lowest BCUT2D eigenvalue weighted by molar-refractivity contribution is -0.153. The summed E-state index contributed by atoms with van der Waals surface area (Å²) in [7, 11) is 0. The summed E-state index contributed by atoms with van der Waals surface area (Å²) in [5.74, 6) is -5.31. The van der Waals surface area contributed by atoms with Crippen molar-refractivity contribution in [3.05, 3.63) is 34.4 Å². The molecule has 0 spiro atoms. The van der Waals surface area contributed by atoms with Gasteiger partial charge in [0.05, 0.1) is 17.6 Å². The molecule has 0 fully saturated rings. The van der Waals surface area contributed by atoms with Crippen molar-refractivity contribution in [1.82, 2.24) is 0 Å². The number of rotatable bonds is 7. The molecule has 27 heavy (non-hydrogen) atoms. The molecule has 0 aromatic heterocycles. The normalized spacial score (nSPS) is 16.5. The van der Waals surface area contributed by atoms with Gasteiger partial charge in [-0.25, -0.2) is 24.0 Å². The van der Waals surface area contributed by atoms with E-state index in [4.69, 9.17) is 9.47 Å². The lowest BCUT2D eigenvalue weighted by Crippen LogP contribution is -2.17. The van der Waals surface area contributed by atoms with Crippen molar-refractivity contribution >= 4 is 35.8 Å². The Morgan fingerprint density at radius 3 is 1.67 bits per heavy atom. The molecule has 142 valence electrons. The Bertz CT molecular complexity index is 855. The van der Waals surface area contributed by atoms with Gasteiger partial charge in [0.2, 0.25) is 0 Å². The van der Waals surface area contributed by atoms with Crippen molar-refractivity contribution in [2.45, 2.75) is 20.3 Å². The predicted molar refractivity (Wildman–Crippen MR) is 83.3 cm³/mol. The number of ether oxygens (including phenoxy) is 4. The van der Waals surface area contributed by atoms with E-state index in [0.717, 1.165) is 0 Å². The van der Waals surface area contributed by atoms with E-state index >= 15 is 0 Å². The highest BCUT2D eigenvalue weighted by Gasteiger charge is 2.32. The van der Waals surface area contributed by atoms with E-state index in [1.54, 1.807) is 0 Å². The summed E-state index contributed by atoms with van der Waals surface area (Å²) >= 11 is 0. The molecule has 0 aromatic rings. The zero-order valence-electron chi connectivity index (χ0n) is 14.4. The molecule has 0 radical (unpaired) electrons. The van der Waals surface area contributed by atoms with Crippen LogP contribution >= 0.6 is 0 Å². The van der Waals surface area contributed by atoms with Crippen LogP contribution in [0.15, 0.2) is 34.4 Å². The van der Waals surface area contributed by atoms with Gasteiger partial charge in [-0.2, -0.15) is 0 Å².